The average molecular weight is 516 g/mol. The number of halogens is 4. The van der Waals surface area contributed by atoms with E-state index in [1.54, 1.807) is 23.0 Å². The largest absolute Gasteiger partial charge is 0.494 e. The van der Waals surface area contributed by atoms with E-state index in [4.69, 9.17) is 9.47 Å². The minimum atomic E-state index is -4.67. The molecule has 0 N–H and O–H groups in total. The second kappa shape index (κ2) is 9.42. The molecule has 0 bridgehead atoms. The summed E-state index contributed by atoms with van der Waals surface area (Å²) in [6.07, 6.45) is -5.26. The number of alkyl halides is 3. The molecule has 4 rings (SSSR count). The van der Waals surface area contributed by atoms with Crippen molar-refractivity contribution < 1.29 is 31.8 Å². The molecule has 0 fully saturated rings. The van der Waals surface area contributed by atoms with Gasteiger partial charge in [0, 0.05) is 24.1 Å². The van der Waals surface area contributed by atoms with Gasteiger partial charge in [0.2, 0.25) is 0 Å². The van der Waals surface area contributed by atoms with E-state index in [0.717, 1.165) is 18.2 Å². The third kappa shape index (κ3) is 4.83. The molecule has 0 saturated carbocycles. The van der Waals surface area contributed by atoms with Crippen molar-refractivity contribution in [3.63, 3.8) is 0 Å². The van der Waals surface area contributed by atoms with Gasteiger partial charge in [-0.2, -0.15) is 23.5 Å². The predicted molar refractivity (Wildman–Crippen MR) is 125 cm³/mol. The van der Waals surface area contributed by atoms with Gasteiger partial charge in [-0.3, -0.25) is 4.79 Å². The first-order valence-electron chi connectivity index (χ1n) is 11.3. The maximum Gasteiger partial charge on any atom is 0.425 e. The number of methoxy groups -OCH3 is 1. The summed E-state index contributed by atoms with van der Waals surface area (Å²) in [4.78, 5) is 15.3. The van der Waals surface area contributed by atoms with Gasteiger partial charge in [-0.1, -0.05) is 13.8 Å². The zero-order valence-corrected chi connectivity index (χ0v) is 20.6. The van der Waals surface area contributed by atoms with Crippen LogP contribution in [0.4, 0.5) is 17.6 Å². The summed E-state index contributed by atoms with van der Waals surface area (Å²) >= 11 is 0. The van der Waals surface area contributed by atoms with Crippen LogP contribution in [0.3, 0.4) is 0 Å². The van der Waals surface area contributed by atoms with Crippen LogP contribution in [0.1, 0.15) is 48.0 Å². The lowest BCUT2D eigenvalue weighted by Gasteiger charge is -2.39. The van der Waals surface area contributed by atoms with E-state index in [2.05, 4.69) is 5.10 Å². The van der Waals surface area contributed by atoms with E-state index < -0.39 is 23.6 Å². The normalized spacial score (nSPS) is 15.5. The molecule has 3 aromatic rings. The summed E-state index contributed by atoms with van der Waals surface area (Å²) in [7, 11) is 1.23. The molecule has 1 atom stereocenters. The van der Waals surface area contributed by atoms with Crippen molar-refractivity contribution in [2.45, 2.75) is 45.0 Å². The highest BCUT2D eigenvalue weighted by Gasteiger charge is 2.42. The van der Waals surface area contributed by atoms with E-state index in [-0.39, 0.29) is 41.5 Å². The third-order valence-corrected chi connectivity index (χ3v) is 6.21. The minimum absolute atomic E-state index is 0.0149. The second-order valence-electron chi connectivity index (χ2n) is 9.38. The van der Waals surface area contributed by atoms with E-state index in [9.17, 15) is 27.6 Å². The Morgan fingerprint density at radius 2 is 1.86 bits per heavy atom. The summed E-state index contributed by atoms with van der Waals surface area (Å²) in [6, 6.07) is 10.2. The lowest BCUT2D eigenvalue weighted by molar-refractivity contribution is -0.189. The fraction of sp³-hybridized carbons (Fsp3) is 0.346. The first-order chi connectivity index (χ1) is 17.4. The lowest BCUT2D eigenvalue weighted by Crippen LogP contribution is -2.46. The lowest BCUT2D eigenvalue weighted by atomic mass is 9.82. The smallest absolute Gasteiger partial charge is 0.425 e. The summed E-state index contributed by atoms with van der Waals surface area (Å²) < 4.78 is 65.3. The molecular formula is C26H24F4N4O3. The Hall–Kier alpha value is -4.07. The van der Waals surface area contributed by atoms with Crippen LogP contribution >= 0.6 is 0 Å². The van der Waals surface area contributed by atoms with Gasteiger partial charge in [0.05, 0.1) is 30.3 Å². The van der Waals surface area contributed by atoms with Crippen LogP contribution in [0, 0.1) is 17.1 Å². The number of nitriles is 1. The van der Waals surface area contributed by atoms with Gasteiger partial charge in [-0.25, -0.2) is 9.07 Å². The fourth-order valence-electron chi connectivity index (χ4n) is 4.54. The summed E-state index contributed by atoms with van der Waals surface area (Å²) in [5, 5.41) is 13.9. The molecule has 11 heteroatoms. The minimum Gasteiger partial charge on any atom is -0.494 e. The van der Waals surface area contributed by atoms with Crippen LogP contribution in [0.2, 0.25) is 0 Å². The van der Waals surface area contributed by atoms with Crippen LogP contribution in [-0.2, 0) is 12.0 Å². The van der Waals surface area contributed by atoms with Gasteiger partial charge in [0.1, 0.15) is 23.2 Å². The SMILES string of the molecule is COc1c(C#N)ccc(OC(C)C(F)(F)F)c1C(=O)N1Cc2cnn(-c3ccc(F)cc3)c2C(C)(C)C1. The van der Waals surface area contributed by atoms with Crippen LogP contribution in [0.5, 0.6) is 11.5 Å². The van der Waals surface area contributed by atoms with Crippen molar-refractivity contribution in [1.29, 1.82) is 5.26 Å². The number of benzene rings is 2. The number of fused-ring (bicyclic) bond motifs is 1. The van der Waals surface area contributed by atoms with Crippen molar-refractivity contribution in [1.82, 2.24) is 14.7 Å². The molecule has 2 heterocycles. The van der Waals surface area contributed by atoms with E-state index in [1.807, 2.05) is 19.9 Å². The summed E-state index contributed by atoms with van der Waals surface area (Å²) in [5.41, 5.74) is 1.27. The maximum atomic E-state index is 13.8. The Kier molecular flexibility index (Phi) is 6.62. The summed E-state index contributed by atoms with van der Waals surface area (Å²) in [6.45, 7) is 4.92. The van der Waals surface area contributed by atoms with Crippen molar-refractivity contribution >= 4 is 5.91 Å². The Labute approximate surface area is 210 Å². The number of carbonyl (C=O) groups excluding carboxylic acids is 1. The zero-order chi connectivity index (χ0) is 27.1. The van der Waals surface area contributed by atoms with Crippen molar-refractivity contribution in [3.05, 3.63) is 70.8 Å². The number of nitrogens with zero attached hydrogens (tertiary/aromatic N) is 4. The average Bonchev–Trinajstić information content (AvgIpc) is 3.28. The topological polar surface area (TPSA) is 80.4 Å². The van der Waals surface area contributed by atoms with E-state index in [1.165, 1.54) is 36.3 Å². The van der Waals surface area contributed by atoms with Crippen molar-refractivity contribution in [2.75, 3.05) is 13.7 Å². The molecule has 1 aromatic heterocycles. The van der Waals surface area contributed by atoms with Gasteiger partial charge in [0.25, 0.3) is 5.91 Å². The second-order valence-corrected chi connectivity index (χ2v) is 9.38. The van der Waals surface area contributed by atoms with Crippen LogP contribution in [0.25, 0.3) is 5.69 Å². The Bertz CT molecular complexity index is 1370. The number of aromatic nitrogens is 2. The number of rotatable bonds is 5. The molecule has 1 amide bonds. The Morgan fingerprint density at radius 1 is 1.19 bits per heavy atom. The first-order valence-corrected chi connectivity index (χ1v) is 11.3. The highest BCUT2D eigenvalue weighted by molar-refractivity contribution is 6.00. The maximum absolute atomic E-state index is 13.8. The molecule has 7 nitrogen and oxygen atoms in total. The van der Waals surface area contributed by atoms with Crippen LogP contribution < -0.4 is 9.47 Å². The van der Waals surface area contributed by atoms with Gasteiger partial charge < -0.3 is 14.4 Å². The summed E-state index contributed by atoms with van der Waals surface area (Å²) in [5.74, 6) is -1.53. The zero-order valence-electron chi connectivity index (χ0n) is 20.6. The molecule has 0 aliphatic carbocycles. The van der Waals surface area contributed by atoms with Gasteiger partial charge >= 0.3 is 6.18 Å². The molecule has 0 spiro atoms. The van der Waals surface area contributed by atoms with Crippen molar-refractivity contribution in [3.8, 4) is 23.3 Å². The van der Waals surface area contributed by atoms with Crippen LogP contribution in [-0.4, -0.2) is 46.5 Å². The highest BCUT2D eigenvalue weighted by atomic mass is 19.4. The molecule has 37 heavy (non-hydrogen) atoms. The van der Waals surface area contributed by atoms with E-state index in [0.29, 0.717) is 5.69 Å². The van der Waals surface area contributed by atoms with Gasteiger partial charge in [-0.05, 0) is 43.3 Å². The highest BCUT2D eigenvalue weighted by Crippen LogP contribution is 2.39. The molecule has 194 valence electrons. The predicted octanol–water partition coefficient (Wildman–Crippen LogP) is 5.15. The van der Waals surface area contributed by atoms with Crippen molar-refractivity contribution in [2.24, 2.45) is 0 Å². The van der Waals surface area contributed by atoms with Gasteiger partial charge in [-0.15, -0.1) is 0 Å². The Balaban J connectivity index is 1.75. The number of hydrogen-bond acceptors (Lipinski definition) is 5. The molecular weight excluding hydrogens is 492 g/mol. The number of ether oxygens (including phenoxy) is 2. The first kappa shape index (κ1) is 26.0. The number of hydrogen-bond donors (Lipinski definition) is 0. The third-order valence-electron chi connectivity index (χ3n) is 6.21. The molecule has 1 aliphatic rings. The standard InChI is InChI=1S/C26H24F4N4O3/c1-15(26(28,29)30)37-20-10-5-16(11-31)22(36-4)21(20)24(35)33-13-17-12-32-34(23(17)25(2,3)14-33)19-8-6-18(27)7-9-19/h5-10,12,15H,13-14H2,1-4H3. The van der Waals surface area contributed by atoms with Gasteiger partial charge in [0.15, 0.2) is 11.9 Å². The quantitative estimate of drug-likeness (QED) is 0.438. The van der Waals surface area contributed by atoms with Crippen LogP contribution in [0.15, 0.2) is 42.6 Å². The molecule has 0 saturated heterocycles. The molecule has 1 aliphatic heterocycles. The fourth-order valence-corrected chi connectivity index (χ4v) is 4.54. The molecule has 0 radical (unpaired) electrons. The number of carbonyl (C=O) groups is 1. The Morgan fingerprint density at radius 3 is 2.46 bits per heavy atom. The van der Waals surface area contributed by atoms with E-state index >= 15 is 0 Å². The monoisotopic (exact) mass is 516 g/mol. The molecule has 2 aromatic carbocycles. The number of amides is 1. The molecule has 1 unspecified atom stereocenters.